The second-order valence-corrected chi connectivity index (χ2v) is 8.04. The predicted octanol–water partition coefficient (Wildman–Crippen LogP) is 4.21. The van der Waals surface area contributed by atoms with Crippen LogP contribution in [0.5, 0.6) is 0 Å². The summed E-state index contributed by atoms with van der Waals surface area (Å²) in [7, 11) is 0. The molecule has 1 N–H and O–H groups in total. The first kappa shape index (κ1) is 17.2. The summed E-state index contributed by atoms with van der Waals surface area (Å²) in [6.07, 6.45) is 2.31. The molecule has 1 saturated heterocycles. The molecule has 1 aliphatic rings. The van der Waals surface area contributed by atoms with Crippen LogP contribution in [-0.2, 0) is 11.3 Å². The zero-order chi connectivity index (χ0) is 17.1. The maximum atomic E-state index is 12.6. The van der Waals surface area contributed by atoms with Gasteiger partial charge in [0.2, 0.25) is 5.91 Å². The van der Waals surface area contributed by atoms with Gasteiger partial charge in [0.05, 0.1) is 6.04 Å². The Morgan fingerprint density at radius 3 is 2.67 bits per heavy atom. The van der Waals surface area contributed by atoms with Crippen LogP contribution in [0.1, 0.15) is 46.7 Å². The Bertz CT molecular complexity index is 692. The molecule has 0 bridgehead atoms. The zero-order valence-electron chi connectivity index (χ0n) is 14.7. The van der Waals surface area contributed by atoms with Gasteiger partial charge in [-0.25, -0.2) is 0 Å². The number of thiophene rings is 1. The van der Waals surface area contributed by atoms with Crippen LogP contribution >= 0.6 is 11.3 Å². The van der Waals surface area contributed by atoms with Gasteiger partial charge in [0.25, 0.3) is 0 Å². The lowest BCUT2D eigenvalue weighted by atomic mass is 10.1. The highest BCUT2D eigenvalue weighted by Gasteiger charge is 2.33. The number of hydrogen-bond donors (Lipinski definition) is 1. The van der Waals surface area contributed by atoms with Gasteiger partial charge in [0, 0.05) is 22.3 Å². The second-order valence-electron chi connectivity index (χ2n) is 6.72. The van der Waals surface area contributed by atoms with Crippen LogP contribution < -0.4 is 5.32 Å². The Kier molecular flexibility index (Phi) is 5.36. The van der Waals surface area contributed by atoms with Crippen molar-refractivity contribution in [1.29, 1.82) is 0 Å². The molecule has 1 aromatic carbocycles. The highest BCUT2D eigenvalue weighted by molar-refractivity contribution is 7.12. The van der Waals surface area contributed by atoms with Crippen molar-refractivity contribution in [2.75, 3.05) is 6.54 Å². The van der Waals surface area contributed by atoms with Crippen LogP contribution in [0.3, 0.4) is 0 Å². The van der Waals surface area contributed by atoms with Gasteiger partial charge in [-0.05, 0) is 57.9 Å². The van der Waals surface area contributed by atoms with Gasteiger partial charge < -0.3 is 5.32 Å². The van der Waals surface area contributed by atoms with Crippen molar-refractivity contribution >= 4 is 17.2 Å². The SMILES string of the molecule is Cc1ccc(CNC(=O)C(C)N2CCCC2c2ccc(C)s2)cc1. The Balaban J connectivity index is 1.60. The molecule has 128 valence electrons. The smallest absolute Gasteiger partial charge is 0.237 e. The van der Waals surface area contributed by atoms with E-state index in [1.54, 1.807) is 0 Å². The normalized spacial score (nSPS) is 19.4. The molecule has 2 unspecified atom stereocenters. The van der Waals surface area contributed by atoms with Gasteiger partial charge in [0.1, 0.15) is 0 Å². The van der Waals surface area contributed by atoms with Crippen LogP contribution in [0.4, 0.5) is 0 Å². The van der Waals surface area contributed by atoms with Gasteiger partial charge in [-0.3, -0.25) is 9.69 Å². The van der Waals surface area contributed by atoms with Gasteiger partial charge in [0.15, 0.2) is 0 Å². The van der Waals surface area contributed by atoms with E-state index >= 15 is 0 Å². The molecule has 0 saturated carbocycles. The van der Waals surface area contributed by atoms with E-state index in [1.165, 1.54) is 15.3 Å². The molecule has 1 aliphatic heterocycles. The van der Waals surface area contributed by atoms with Gasteiger partial charge >= 0.3 is 0 Å². The highest BCUT2D eigenvalue weighted by atomic mass is 32.1. The second kappa shape index (κ2) is 7.49. The number of hydrogen-bond acceptors (Lipinski definition) is 3. The molecule has 3 rings (SSSR count). The Morgan fingerprint density at radius 1 is 1.25 bits per heavy atom. The molecule has 2 aromatic rings. The maximum Gasteiger partial charge on any atom is 0.237 e. The number of aryl methyl sites for hydroxylation is 2. The first-order valence-electron chi connectivity index (χ1n) is 8.70. The predicted molar refractivity (Wildman–Crippen MR) is 100 cm³/mol. The molecule has 0 radical (unpaired) electrons. The largest absolute Gasteiger partial charge is 0.351 e. The van der Waals surface area contributed by atoms with Crippen molar-refractivity contribution in [3.05, 3.63) is 57.3 Å². The van der Waals surface area contributed by atoms with E-state index in [9.17, 15) is 4.79 Å². The molecule has 2 heterocycles. The molecule has 0 aliphatic carbocycles. The van der Waals surface area contributed by atoms with Crippen molar-refractivity contribution in [2.24, 2.45) is 0 Å². The highest BCUT2D eigenvalue weighted by Crippen LogP contribution is 2.37. The van der Waals surface area contributed by atoms with Crippen molar-refractivity contribution in [3.8, 4) is 0 Å². The minimum Gasteiger partial charge on any atom is -0.351 e. The summed E-state index contributed by atoms with van der Waals surface area (Å²) < 4.78 is 0. The number of carbonyl (C=O) groups excluding carboxylic acids is 1. The van der Waals surface area contributed by atoms with E-state index in [0.717, 1.165) is 24.9 Å². The van der Waals surface area contributed by atoms with Crippen LogP contribution in [0.2, 0.25) is 0 Å². The number of rotatable bonds is 5. The lowest BCUT2D eigenvalue weighted by Gasteiger charge is -2.29. The summed E-state index contributed by atoms with van der Waals surface area (Å²) in [6.45, 7) is 7.85. The summed E-state index contributed by atoms with van der Waals surface area (Å²) in [5.74, 6) is 0.121. The minimum absolute atomic E-state index is 0.0923. The number of benzene rings is 1. The monoisotopic (exact) mass is 342 g/mol. The third-order valence-electron chi connectivity index (χ3n) is 4.85. The molecular weight excluding hydrogens is 316 g/mol. The van der Waals surface area contributed by atoms with Crippen LogP contribution in [0, 0.1) is 13.8 Å². The Morgan fingerprint density at radius 2 is 2.00 bits per heavy atom. The summed E-state index contributed by atoms with van der Waals surface area (Å²) in [4.78, 5) is 17.7. The first-order valence-corrected chi connectivity index (χ1v) is 9.51. The van der Waals surface area contributed by atoms with Crippen LogP contribution in [-0.4, -0.2) is 23.4 Å². The fraction of sp³-hybridized carbons (Fsp3) is 0.450. The van der Waals surface area contributed by atoms with E-state index in [2.05, 4.69) is 60.5 Å². The molecular formula is C20H26N2OS. The zero-order valence-corrected chi connectivity index (χ0v) is 15.5. The standard InChI is InChI=1S/C20H26N2OS/c1-14-6-9-17(10-7-14)13-21-20(23)16(3)22-12-4-5-18(22)19-11-8-15(2)24-19/h6-11,16,18H,4-5,12-13H2,1-3H3,(H,21,23). The minimum atomic E-state index is -0.0923. The quantitative estimate of drug-likeness (QED) is 0.883. The van der Waals surface area contributed by atoms with E-state index < -0.39 is 0 Å². The average molecular weight is 343 g/mol. The molecule has 1 amide bonds. The fourth-order valence-electron chi connectivity index (χ4n) is 3.38. The van der Waals surface area contributed by atoms with E-state index in [0.29, 0.717) is 12.6 Å². The van der Waals surface area contributed by atoms with Crippen LogP contribution in [0.15, 0.2) is 36.4 Å². The van der Waals surface area contributed by atoms with Crippen molar-refractivity contribution < 1.29 is 4.79 Å². The molecule has 3 nitrogen and oxygen atoms in total. The van der Waals surface area contributed by atoms with E-state index in [4.69, 9.17) is 0 Å². The summed E-state index contributed by atoms with van der Waals surface area (Å²) in [6, 6.07) is 13.0. The summed E-state index contributed by atoms with van der Waals surface area (Å²) in [5.41, 5.74) is 2.39. The Hall–Kier alpha value is -1.65. The summed E-state index contributed by atoms with van der Waals surface area (Å²) >= 11 is 1.86. The number of nitrogens with one attached hydrogen (secondary N) is 1. The molecule has 4 heteroatoms. The maximum absolute atomic E-state index is 12.6. The lowest BCUT2D eigenvalue weighted by Crippen LogP contribution is -2.44. The van der Waals surface area contributed by atoms with Crippen molar-refractivity contribution in [1.82, 2.24) is 10.2 Å². The molecule has 0 spiro atoms. The number of amides is 1. The fourth-order valence-corrected chi connectivity index (χ4v) is 4.42. The average Bonchev–Trinajstić information content (AvgIpc) is 3.21. The van der Waals surface area contributed by atoms with Gasteiger partial charge in [-0.2, -0.15) is 0 Å². The van der Waals surface area contributed by atoms with E-state index in [-0.39, 0.29) is 11.9 Å². The van der Waals surface area contributed by atoms with Crippen molar-refractivity contribution in [3.63, 3.8) is 0 Å². The topological polar surface area (TPSA) is 32.3 Å². The third kappa shape index (κ3) is 3.87. The Labute approximate surface area is 148 Å². The van der Waals surface area contributed by atoms with E-state index in [1.807, 2.05) is 18.3 Å². The van der Waals surface area contributed by atoms with Gasteiger partial charge in [-0.1, -0.05) is 29.8 Å². The number of carbonyl (C=O) groups is 1. The van der Waals surface area contributed by atoms with Gasteiger partial charge in [-0.15, -0.1) is 11.3 Å². The molecule has 2 atom stereocenters. The van der Waals surface area contributed by atoms with Crippen molar-refractivity contribution in [2.45, 2.75) is 52.2 Å². The third-order valence-corrected chi connectivity index (χ3v) is 5.95. The number of likely N-dealkylation sites (tertiary alicyclic amines) is 1. The lowest BCUT2D eigenvalue weighted by molar-refractivity contribution is -0.126. The van der Waals surface area contributed by atoms with Crippen LogP contribution in [0.25, 0.3) is 0 Å². The first-order chi connectivity index (χ1) is 11.5. The molecule has 1 fully saturated rings. The molecule has 24 heavy (non-hydrogen) atoms. The molecule has 1 aromatic heterocycles. The summed E-state index contributed by atoms with van der Waals surface area (Å²) in [5, 5.41) is 3.10. The number of nitrogens with zero attached hydrogens (tertiary/aromatic N) is 1.